The van der Waals surface area contributed by atoms with Gasteiger partial charge in [-0.15, -0.1) is 0 Å². The molecule has 0 spiro atoms. The Labute approximate surface area is 176 Å². The van der Waals surface area contributed by atoms with Gasteiger partial charge in [0.1, 0.15) is 6.33 Å². The van der Waals surface area contributed by atoms with Gasteiger partial charge in [-0.3, -0.25) is 4.79 Å². The van der Waals surface area contributed by atoms with Crippen LogP contribution in [0.2, 0.25) is 0 Å². The Bertz CT molecular complexity index is 1020. The minimum absolute atomic E-state index is 0.0264. The van der Waals surface area contributed by atoms with Gasteiger partial charge in [-0.05, 0) is 30.5 Å². The van der Waals surface area contributed by atoms with E-state index >= 15 is 0 Å². The van der Waals surface area contributed by atoms with Crippen LogP contribution in [0.25, 0.3) is 0 Å². The number of halogens is 3. The van der Waals surface area contributed by atoms with Gasteiger partial charge < -0.3 is 14.9 Å². The average Bonchev–Trinajstić information content (AvgIpc) is 3.17. The number of benzene rings is 1. The SMILES string of the molecule is N#Cc1ccc(N2C[C@@H]3CCN(C(=O)c4cncnc4)C[C@]3(CO)C2)cc1C(F)(F)F. The molecule has 1 aromatic carbocycles. The van der Waals surface area contributed by atoms with Gasteiger partial charge in [0.05, 0.1) is 29.4 Å². The van der Waals surface area contributed by atoms with Crippen molar-refractivity contribution in [3.8, 4) is 6.07 Å². The Morgan fingerprint density at radius 2 is 2.03 bits per heavy atom. The number of alkyl halides is 3. The van der Waals surface area contributed by atoms with Gasteiger partial charge >= 0.3 is 6.18 Å². The quantitative estimate of drug-likeness (QED) is 0.802. The standard InChI is InChI=1S/C21H20F3N5O2/c22-21(23,24)18-5-17(2-1-14(18)6-25)29-9-16-3-4-28(10-20(16,11-29)12-30)19(31)15-7-26-13-27-8-15/h1-2,5,7-8,13,16,30H,3-4,9-12H2/t16-,20+/m0/s1. The molecule has 2 aliphatic heterocycles. The molecule has 31 heavy (non-hydrogen) atoms. The number of hydrogen-bond donors (Lipinski definition) is 1. The largest absolute Gasteiger partial charge is 0.417 e. The molecule has 7 nitrogen and oxygen atoms in total. The van der Waals surface area contributed by atoms with E-state index in [1.54, 1.807) is 15.9 Å². The van der Waals surface area contributed by atoms with Crippen molar-refractivity contribution in [2.24, 2.45) is 11.3 Å². The van der Waals surface area contributed by atoms with E-state index in [1.807, 2.05) is 0 Å². The molecular weight excluding hydrogens is 411 g/mol. The maximum Gasteiger partial charge on any atom is 0.417 e. The van der Waals surface area contributed by atoms with Crippen LogP contribution >= 0.6 is 0 Å². The van der Waals surface area contributed by atoms with Crippen molar-refractivity contribution in [2.45, 2.75) is 12.6 Å². The van der Waals surface area contributed by atoms with Crippen LogP contribution < -0.4 is 4.90 Å². The van der Waals surface area contributed by atoms with Crippen LogP contribution in [-0.2, 0) is 6.18 Å². The smallest absolute Gasteiger partial charge is 0.396 e. The number of aliphatic hydroxyl groups excluding tert-OH is 1. The number of likely N-dealkylation sites (tertiary alicyclic amines) is 1. The van der Waals surface area contributed by atoms with Gasteiger partial charge in [0, 0.05) is 49.7 Å². The molecular formula is C21H20F3N5O2. The summed E-state index contributed by atoms with van der Waals surface area (Å²) in [5, 5.41) is 19.3. The normalized spacial score (nSPS) is 23.4. The van der Waals surface area contributed by atoms with Gasteiger partial charge in [-0.1, -0.05) is 0 Å². The Hall–Kier alpha value is -3.19. The van der Waals surface area contributed by atoms with E-state index in [2.05, 4.69) is 9.97 Å². The molecule has 3 heterocycles. The second-order valence-electron chi connectivity index (χ2n) is 8.08. The highest BCUT2D eigenvalue weighted by Gasteiger charge is 2.50. The maximum absolute atomic E-state index is 13.4. The Balaban J connectivity index is 1.59. The number of aliphatic hydroxyl groups is 1. The number of carbonyl (C=O) groups excluding carboxylic acids is 1. The van der Waals surface area contributed by atoms with E-state index in [9.17, 15) is 23.1 Å². The summed E-state index contributed by atoms with van der Waals surface area (Å²) in [4.78, 5) is 24.0. The third kappa shape index (κ3) is 3.81. The van der Waals surface area contributed by atoms with E-state index in [1.165, 1.54) is 30.9 Å². The second kappa shape index (κ2) is 7.81. The summed E-state index contributed by atoms with van der Waals surface area (Å²) in [6, 6.07) is 5.26. The first-order valence-corrected chi connectivity index (χ1v) is 9.79. The van der Waals surface area contributed by atoms with Gasteiger partial charge in [0.2, 0.25) is 0 Å². The van der Waals surface area contributed by atoms with Crippen LogP contribution in [0.4, 0.5) is 18.9 Å². The van der Waals surface area contributed by atoms with Crippen molar-refractivity contribution < 1.29 is 23.1 Å². The molecule has 10 heteroatoms. The van der Waals surface area contributed by atoms with Crippen LogP contribution in [0.5, 0.6) is 0 Å². The fourth-order valence-electron chi connectivity index (χ4n) is 4.63. The first-order chi connectivity index (χ1) is 14.8. The molecule has 0 saturated carbocycles. The first-order valence-electron chi connectivity index (χ1n) is 9.79. The molecule has 2 saturated heterocycles. The van der Waals surface area contributed by atoms with Gasteiger partial charge in [0.15, 0.2) is 0 Å². The molecule has 1 aromatic heterocycles. The van der Waals surface area contributed by atoms with Crippen molar-refractivity contribution in [3.63, 3.8) is 0 Å². The molecule has 0 radical (unpaired) electrons. The summed E-state index contributed by atoms with van der Waals surface area (Å²) >= 11 is 0. The van der Waals surface area contributed by atoms with E-state index in [0.29, 0.717) is 43.9 Å². The number of anilines is 1. The van der Waals surface area contributed by atoms with E-state index < -0.39 is 22.7 Å². The molecule has 0 bridgehead atoms. The Morgan fingerprint density at radius 1 is 1.29 bits per heavy atom. The van der Waals surface area contributed by atoms with Crippen LogP contribution in [0.3, 0.4) is 0 Å². The summed E-state index contributed by atoms with van der Waals surface area (Å²) in [6.07, 6.45) is 0.189. The lowest BCUT2D eigenvalue weighted by atomic mass is 9.74. The molecule has 4 rings (SSSR count). The lowest BCUT2D eigenvalue weighted by Gasteiger charge is -2.43. The summed E-state index contributed by atoms with van der Waals surface area (Å²) in [5.41, 5.74) is -1.34. The number of hydrogen-bond acceptors (Lipinski definition) is 6. The maximum atomic E-state index is 13.4. The minimum atomic E-state index is -4.64. The summed E-state index contributed by atoms with van der Waals surface area (Å²) in [7, 11) is 0. The van der Waals surface area contributed by atoms with Gasteiger partial charge in [-0.25, -0.2) is 9.97 Å². The molecule has 0 unspecified atom stereocenters. The van der Waals surface area contributed by atoms with E-state index in [-0.39, 0.29) is 18.4 Å². The number of nitrogens with zero attached hydrogens (tertiary/aromatic N) is 5. The van der Waals surface area contributed by atoms with Crippen LogP contribution in [0.1, 0.15) is 27.9 Å². The first kappa shape index (κ1) is 21.1. The number of fused-ring (bicyclic) bond motifs is 1. The molecule has 162 valence electrons. The number of carbonyl (C=O) groups is 1. The van der Waals surface area contributed by atoms with Crippen molar-refractivity contribution in [1.82, 2.24) is 14.9 Å². The molecule has 2 fully saturated rings. The van der Waals surface area contributed by atoms with Gasteiger partial charge in [-0.2, -0.15) is 18.4 Å². The number of nitriles is 1. The van der Waals surface area contributed by atoms with Crippen molar-refractivity contribution >= 4 is 11.6 Å². The van der Waals surface area contributed by atoms with Crippen LogP contribution in [0, 0.1) is 22.7 Å². The summed E-state index contributed by atoms with van der Waals surface area (Å²) < 4.78 is 40.1. The zero-order valence-electron chi connectivity index (χ0n) is 16.5. The van der Waals surface area contributed by atoms with Crippen LogP contribution in [0.15, 0.2) is 36.9 Å². The van der Waals surface area contributed by atoms with Gasteiger partial charge in [0.25, 0.3) is 5.91 Å². The molecule has 1 N–H and O–H groups in total. The highest BCUT2D eigenvalue weighted by Crippen LogP contribution is 2.44. The van der Waals surface area contributed by atoms with Crippen LogP contribution in [-0.4, -0.2) is 58.7 Å². The Morgan fingerprint density at radius 3 is 2.68 bits per heavy atom. The molecule has 2 aliphatic rings. The van der Waals surface area contributed by atoms with E-state index in [4.69, 9.17) is 5.26 Å². The molecule has 2 atom stereocenters. The lowest BCUT2D eigenvalue weighted by Crippen LogP contribution is -2.52. The fraction of sp³-hybridized carbons (Fsp3) is 0.429. The lowest BCUT2D eigenvalue weighted by molar-refractivity contribution is -0.137. The second-order valence-corrected chi connectivity index (χ2v) is 8.08. The minimum Gasteiger partial charge on any atom is -0.396 e. The highest BCUT2D eigenvalue weighted by molar-refractivity contribution is 5.93. The molecule has 1 amide bonds. The zero-order valence-corrected chi connectivity index (χ0v) is 16.5. The Kier molecular flexibility index (Phi) is 5.31. The number of rotatable bonds is 3. The fourth-order valence-corrected chi connectivity index (χ4v) is 4.63. The van der Waals surface area contributed by atoms with Crippen molar-refractivity contribution in [3.05, 3.63) is 53.6 Å². The zero-order chi connectivity index (χ0) is 22.2. The summed E-state index contributed by atoms with van der Waals surface area (Å²) in [5.74, 6) is -0.207. The highest BCUT2D eigenvalue weighted by atomic mass is 19.4. The number of aromatic nitrogens is 2. The molecule has 2 aromatic rings. The average molecular weight is 431 g/mol. The third-order valence-corrected chi connectivity index (χ3v) is 6.27. The number of piperidine rings is 1. The van der Waals surface area contributed by atoms with Crippen molar-refractivity contribution in [2.75, 3.05) is 37.7 Å². The van der Waals surface area contributed by atoms with Crippen molar-refractivity contribution in [1.29, 1.82) is 5.26 Å². The van der Waals surface area contributed by atoms with E-state index in [0.717, 1.165) is 6.07 Å². The third-order valence-electron chi connectivity index (χ3n) is 6.27. The summed E-state index contributed by atoms with van der Waals surface area (Å²) in [6.45, 7) is 1.37. The topological polar surface area (TPSA) is 93.4 Å². The number of amides is 1. The predicted molar refractivity (Wildman–Crippen MR) is 104 cm³/mol. The predicted octanol–water partition coefficient (Wildman–Crippen LogP) is 2.33. The monoisotopic (exact) mass is 431 g/mol. The molecule has 0 aliphatic carbocycles.